The van der Waals surface area contributed by atoms with E-state index in [-0.39, 0.29) is 18.4 Å². The third kappa shape index (κ3) is 5.11. The first kappa shape index (κ1) is 23.1. The predicted octanol–water partition coefficient (Wildman–Crippen LogP) is 5.34. The van der Waals surface area contributed by atoms with Gasteiger partial charge in [-0.1, -0.05) is 54.4 Å². The fraction of sp³-hybridized carbons (Fsp3) is 0.346. The number of imidazole rings is 1. The summed E-state index contributed by atoms with van der Waals surface area (Å²) >= 11 is 6.07. The van der Waals surface area contributed by atoms with E-state index in [1.807, 2.05) is 50.2 Å². The molecule has 33 heavy (non-hydrogen) atoms. The van der Waals surface area contributed by atoms with E-state index in [0.717, 1.165) is 54.9 Å². The van der Waals surface area contributed by atoms with Crippen molar-refractivity contribution in [3.63, 3.8) is 0 Å². The smallest absolute Gasteiger partial charge is 0.274 e. The maximum atomic E-state index is 13.6. The van der Waals surface area contributed by atoms with E-state index in [1.54, 1.807) is 17.0 Å². The van der Waals surface area contributed by atoms with Crippen LogP contribution in [-0.4, -0.2) is 39.4 Å². The van der Waals surface area contributed by atoms with E-state index in [9.17, 15) is 9.59 Å². The van der Waals surface area contributed by atoms with E-state index in [2.05, 4.69) is 9.88 Å². The average Bonchev–Trinajstić information content (AvgIpc) is 3.00. The number of hydrogen-bond donors (Lipinski definition) is 1. The number of amides is 2. The lowest BCUT2D eigenvalue weighted by Gasteiger charge is -2.20. The summed E-state index contributed by atoms with van der Waals surface area (Å²) in [7, 11) is 0. The molecule has 2 aromatic carbocycles. The van der Waals surface area contributed by atoms with Crippen molar-refractivity contribution in [2.24, 2.45) is 0 Å². The van der Waals surface area contributed by atoms with Crippen LogP contribution >= 0.6 is 11.6 Å². The summed E-state index contributed by atoms with van der Waals surface area (Å²) in [6, 6.07) is 15.3. The molecule has 0 spiro atoms. The molecule has 0 aliphatic carbocycles. The Morgan fingerprint density at radius 1 is 1.12 bits per heavy atom. The zero-order chi connectivity index (χ0) is 23.4. The molecule has 1 aliphatic rings. The summed E-state index contributed by atoms with van der Waals surface area (Å²) in [6.45, 7) is 4.99. The minimum absolute atomic E-state index is 0.0474. The topological polar surface area (TPSA) is 67.2 Å². The van der Waals surface area contributed by atoms with Gasteiger partial charge in [-0.2, -0.15) is 0 Å². The van der Waals surface area contributed by atoms with Crippen molar-refractivity contribution in [3.05, 3.63) is 70.5 Å². The Bertz CT molecular complexity index is 1160. The number of rotatable bonds is 6. The molecule has 1 aromatic heterocycles. The van der Waals surface area contributed by atoms with Crippen LogP contribution in [-0.2, 0) is 17.8 Å². The first-order valence-electron chi connectivity index (χ1n) is 11.5. The van der Waals surface area contributed by atoms with Gasteiger partial charge in [0.15, 0.2) is 0 Å². The molecule has 7 heteroatoms. The van der Waals surface area contributed by atoms with Gasteiger partial charge in [0.2, 0.25) is 5.91 Å². The Morgan fingerprint density at radius 3 is 2.67 bits per heavy atom. The molecular formula is C26H29ClN4O2. The Balaban J connectivity index is 1.60. The maximum Gasteiger partial charge on any atom is 0.274 e. The fourth-order valence-corrected chi connectivity index (χ4v) is 4.44. The molecule has 2 amide bonds. The van der Waals surface area contributed by atoms with Crippen LogP contribution in [0, 0.1) is 6.92 Å². The van der Waals surface area contributed by atoms with Gasteiger partial charge in [0, 0.05) is 29.4 Å². The normalized spacial score (nSPS) is 13.2. The fourth-order valence-electron chi connectivity index (χ4n) is 4.27. The molecule has 3 aromatic rings. The molecule has 1 aliphatic heterocycles. The standard InChI is InChI=1S/C26H29ClN4O2/c1-3-30(17-23(32)28-21-16-20(27)14-13-18(21)2)26(33)24-22-12-8-5-9-15-31(22)25(29-24)19-10-6-4-7-11-19/h4,6-7,10-11,13-14,16H,3,5,8-9,12,15,17H2,1-2H3,(H,28,32). The molecule has 0 radical (unpaired) electrons. The van der Waals surface area contributed by atoms with Crippen LogP contribution in [0.4, 0.5) is 5.69 Å². The Labute approximate surface area is 199 Å². The molecule has 172 valence electrons. The third-order valence-electron chi connectivity index (χ3n) is 6.08. The second-order valence-electron chi connectivity index (χ2n) is 8.39. The Morgan fingerprint density at radius 2 is 1.91 bits per heavy atom. The molecule has 1 N–H and O–H groups in total. The van der Waals surface area contributed by atoms with Crippen LogP contribution < -0.4 is 5.32 Å². The SMILES string of the molecule is CCN(CC(=O)Nc1cc(Cl)ccc1C)C(=O)c1nc(-c2ccccc2)n2c1CCCCC2. The highest BCUT2D eigenvalue weighted by molar-refractivity contribution is 6.31. The predicted molar refractivity (Wildman–Crippen MR) is 132 cm³/mol. The molecule has 2 heterocycles. The zero-order valence-electron chi connectivity index (χ0n) is 19.1. The minimum Gasteiger partial charge on any atom is -0.328 e. The van der Waals surface area contributed by atoms with Crippen molar-refractivity contribution >= 4 is 29.1 Å². The van der Waals surface area contributed by atoms with E-state index < -0.39 is 0 Å². The summed E-state index contributed by atoms with van der Waals surface area (Å²) in [4.78, 5) is 32.7. The Kier molecular flexibility index (Phi) is 7.14. The van der Waals surface area contributed by atoms with E-state index in [4.69, 9.17) is 16.6 Å². The van der Waals surface area contributed by atoms with Crippen molar-refractivity contribution in [2.75, 3.05) is 18.4 Å². The van der Waals surface area contributed by atoms with Crippen molar-refractivity contribution < 1.29 is 9.59 Å². The lowest BCUT2D eigenvalue weighted by molar-refractivity contribution is -0.116. The molecule has 6 nitrogen and oxygen atoms in total. The number of likely N-dealkylation sites (N-methyl/N-ethyl adjacent to an activating group) is 1. The molecule has 0 fully saturated rings. The van der Waals surface area contributed by atoms with Gasteiger partial charge in [-0.15, -0.1) is 0 Å². The van der Waals surface area contributed by atoms with Crippen molar-refractivity contribution in [3.8, 4) is 11.4 Å². The highest BCUT2D eigenvalue weighted by Gasteiger charge is 2.28. The van der Waals surface area contributed by atoms with E-state index >= 15 is 0 Å². The number of fused-ring (bicyclic) bond motifs is 1. The Hall–Kier alpha value is -3.12. The quantitative estimate of drug-likeness (QED) is 0.535. The largest absolute Gasteiger partial charge is 0.328 e. The van der Waals surface area contributed by atoms with Crippen LogP contribution in [0.3, 0.4) is 0 Å². The molecule has 0 bridgehead atoms. The number of halogens is 1. The van der Waals surface area contributed by atoms with Crippen LogP contribution in [0.15, 0.2) is 48.5 Å². The first-order valence-corrected chi connectivity index (χ1v) is 11.9. The van der Waals surface area contributed by atoms with Crippen molar-refractivity contribution in [1.82, 2.24) is 14.5 Å². The molecular weight excluding hydrogens is 436 g/mol. The number of hydrogen-bond acceptors (Lipinski definition) is 3. The van der Waals surface area contributed by atoms with Crippen LogP contribution in [0.25, 0.3) is 11.4 Å². The van der Waals surface area contributed by atoms with Gasteiger partial charge in [-0.3, -0.25) is 9.59 Å². The van der Waals surface area contributed by atoms with Crippen LogP contribution in [0.2, 0.25) is 5.02 Å². The third-order valence-corrected chi connectivity index (χ3v) is 6.31. The molecule has 0 saturated heterocycles. The van der Waals surface area contributed by atoms with Crippen LogP contribution in [0.1, 0.15) is 47.9 Å². The van der Waals surface area contributed by atoms with Gasteiger partial charge in [0.05, 0.1) is 5.69 Å². The molecule has 4 rings (SSSR count). The number of benzene rings is 2. The lowest BCUT2D eigenvalue weighted by Crippen LogP contribution is -2.38. The average molecular weight is 465 g/mol. The first-order chi connectivity index (χ1) is 16.0. The second kappa shape index (κ2) is 10.2. The monoisotopic (exact) mass is 464 g/mol. The number of carbonyl (C=O) groups excluding carboxylic acids is 2. The minimum atomic E-state index is -0.260. The van der Waals surface area contributed by atoms with E-state index in [0.29, 0.717) is 22.9 Å². The summed E-state index contributed by atoms with van der Waals surface area (Å²) in [5.74, 6) is 0.360. The molecule has 0 unspecified atom stereocenters. The number of aromatic nitrogens is 2. The number of nitrogens with zero attached hydrogens (tertiary/aromatic N) is 3. The van der Waals surface area contributed by atoms with Crippen molar-refractivity contribution in [1.29, 1.82) is 0 Å². The van der Waals surface area contributed by atoms with Gasteiger partial charge >= 0.3 is 0 Å². The van der Waals surface area contributed by atoms with Gasteiger partial charge in [0.1, 0.15) is 18.1 Å². The maximum absolute atomic E-state index is 13.6. The van der Waals surface area contributed by atoms with Gasteiger partial charge in [-0.25, -0.2) is 4.98 Å². The van der Waals surface area contributed by atoms with E-state index in [1.165, 1.54) is 0 Å². The highest BCUT2D eigenvalue weighted by atomic mass is 35.5. The summed E-state index contributed by atoms with van der Waals surface area (Å²) < 4.78 is 2.19. The number of carbonyl (C=O) groups is 2. The lowest BCUT2D eigenvalue weighted by atomic mass is 10.1. The van der Waals surface area contributed by atoms with Crippen molar-refractivity contribution in [2.45, 2.75) is 46.1 Å². The zero-order valence-corrected chi connectivity index (χ0v) is 19.9. The highest BCUT2D eigenvalue weighted by Crippen LogP contribution is 2.28. The summed E-state index contributed by atoms with van der Waals surface area (Å²) in [5.41, 5.74) is 3.99. The van der Waals surface area contributed by atoms with Gasteiger partial charge < -0.3 is 14.8 Å². The number of anilines is 1. The van der Waals surface area contributed by atoms with Gasteiger partial charge in [0.25, 0.3) is 5.91 Å². The summed E-state index contributed by atoms with van der Waals surface area (Å²) in [6.07, 6.45) is 4.03. The van der Waals surface area contributed by atoms with Gasteiger partial charge in [-0.05, 0) is 50.8 Å². The van der Waals surface area contributed by atoms with Crippen LogP contribution in [0.5, 0.6) is 0 Å². The molecule has 0 saturated carbocycles. The second-order valence-corrected chi connectivity index (χ2v) is 8.82. The number of nitrogens with one attached hydrogen (secondary N) is 1. The summed E-state index contributed by atoms with van der Waals surface area (Å²) in [5, 5.41) is 3.43. The molecule has 0 atom stereocenters. The number of aryl methyl sites for hydroxylation is 1.